The molecule has 3 aliphatic heterocycles. The average molecular weight is 889 g/mol. The molecule has 0 spiro atoms. The first-order chi connectivity index (χ1) is 29.3. The predicted molar refractivity (Wildman–Crippen MR) is 285 cm³/mol. The minimum atomic E-state index is 0. The quantitative estimate of drug-likeness (QED) is 0.250. The van der Waals surface area contributed by atoms with Crippen LogP contribution in [0.15, 0.2) is 0 Å². The molecule has 4 aliphatic carbocycles. The molecular formula is C59H121N3O. The third kappa shape index (κ3) is 27.8. The van der Waals surface area contributed by atoms with Gasteiger partial charge in [0.2, 0.25) is 0 Å². The van der Waals surface area contributed by atoms with E-state index in [1.54, 1.807) is 6.92 Å². The Labute approximate surface area is 399 Å². The Kier molecular flexibility index (Phi) is 35.4. The second-order valence-corrected chi connectivity index (χ2v) is 24.2. The van der Waals surface area contributed by atoms with Crippen molar-refractivity contribution >= 4 is 5.78 Å². The lowest BCUT2D eigenvalue weighted by Crippen LogP contribution is -2.34. The van der Waals surface area contributed by atoms with E-state index in [2.05, 4.69) is 126 Å². The van der Waals surface area contributed by atoms with Crippen molar-refractivity contribution in [3.8, 4) is 0 Å². The predicted octanol–water partition coefficient (Wildman–Crippen LogP) is 16.6. The van der Waals surface area contributed by atoms with Crippen LogP contribution in [0.1, 0.15) is 234 Å². The first-order valence-corrected chi connectivity index (χ1v) is 27.9. The normalized spacial score (nSPS) is 25.0. The first-order valence-electron chi connectivity index (χ1n) is 27.9. The molecule has 378 valence electrons. The zero-order valence-electron chi connectivity index (χ0n) is 45.6. The van der Waals surface area contributed by atoms with Crippen LogP contribution in [0.3, 0.4) is 0 Å². The highest BCUT2D eigenvalue weighted by Crippen LogP contribution is 2.39. The topological polar surface area (TPSA) is 35.6 Å². The van der Waals surface area contributed by atoms with Gasteiger partial charge in [-0.3, -0.25) is 4.79 Å². The number of rotatable bonds is 9. The van der Waals surface area contributed by atoms with Gasteiger partial charge in [-0.05, 0) is 188 Å². The number of carbonyl (C=O) groups excluding carboxylic acids is 1. The number of hydrogen-bond donors (Lipinski definition) is 1. The van der Waals surface area contributed by atoms with Crippen molar-refractivity contribution in [2.24, 2.45) is 88.8 Å². The highest BCUT2D eigenvalue weighted by atomic mass is 16.1. The first kappa shape index (κ1) is 62.5. The Morgan fingerprint density at radius 1 is 0.460 bits per heavy atom. The highest BCUT2D eigenvalue weighted by molar-refractivity contribution is 5.79. The number of piperidine rings is 2. The van der Waals surface area contributed by atoms with Crippen LogP contribution in [0.2, 0.25) is 0 Å². The molecule has 0 aromatic rings. The van der Waals surface area contributed by atoms with Gasteiger partial charge in [0.15, 0.2) is 0 Å². The van der Waals surface area contributed by atoms with Crippen molar-refractivity contribution in [2.45, 2.75) is 234 Å². The van der Waals surface area contributed by atoms with Gasteiger partial charge in [-0.1, -0.05) is 182 Å². The molecule has 0 aromatic heterocycles. The van der Waals surface area contributed by atoms with Crippen LogP contribution in [-0.4, -0.2) is 68.4 Å². The molecule has 0 aromatic carbocycles. The molecule has 1 atom stereocenters. The number of hydrogen-bond acceptors (Lipinski definition) is 4. The van der Waals surface area contributed by atoms with Crippen LogP contribution in [-0.2, 0) is 4.79 Å². The molecule has 0 bridgehead atoms. The average Bonchev–Trinajstić information content (AvgIpc) is 3.70. The summed E-state index contributed by atoms with van der Waals surface area (Å²) in [6, 6.07) is 0. The van der Waals surface area contributed by atoms with Crippen molar-refractivity contribution in [1.82, 2.24) is 15.1 Å². The number of likely N-dealkylation sites (tertiary alicyclic amines) is 2. The third-order valence-electron chi connectivity index (χ3n) is 17.2. The Morgan fingerprint density at radius 3 is 1.03 bits per heavy atom. The number of nitrogens with one attached hydrogen (secondary N) is 1. The molecule has 4 heteroatoms. The summed E-state index contributed by atoms with van der Waals surface area (Å²) in [4.78, 5) is 15.8. The largest absolute Gasteiger partial charge is 0.316 e. The Balaban J connectivity index is 0.000000714. The van der Waals surface area contributed by atoms with Crippen LogP contribution in [0.5, 0.6) is 0 Å². The van der Waals surface area contributed by atoms with Crippen LogP contribution < -0.4 is 5.32 Å². The zero-order valence-corrected chi connectivity index (χ0v) is 45.6. The Bertz CT molecular complexity index is 1000. The lowest BCUT2D eigenvalue weighted by Gasteiger charge is -2.36. The van der Waals surface area contributed by atoms with E-state index in [0.717, 1.165) is 95.7 Å². The molecule has 7 fully saturated rings. The molecule has 1 N–H and O–H groups in total. The highest BCUT2D eigenvalue weighted by Gasteiger charge is 2.33. The molecular weight excluding hydrogens is 767 g/mol. The van der Waals surface area contributed by atoms with Gasteiger partial charge in [-0.2, -0.15) is 0 Å². The van der Waals surface area contributed by atoms with E-state index in [-0.39, 0.29) is 7.43 Å². The second kappa shape index (κ2) is 35.7. The third-order valence-corrected chi connectivity index (χ3v) is 17.2. The van der Waals surface area contributed by atoms with Crippen LogP contribution in [0, 0.1) is 88.8 Å². The van der Waals surface area contributed by atoms with Crippen molar-refractivity contribution in [2.75, 3.05) is 52.9 Å². The van der Waals surface area contributed by atoms with E-state index in [9.17, 15) is 4.79 Å². The number of Topliss-reactive ketones (excluding diaryl/α,β-unsaturated/α-hetero) is 1. The van der Waals surface area contributed by atoms with E-state index < -0.39 is 0 Å². The molecule has 3 saturated heterocycles. The van der Waals surface area contributed by atoms with Gasteiger partial charge in [-0.25, -0.2) is 0 Å². The Morgan fingerprint density at radius 2 is 0.794 bits per heavy atom. The molecule has 4 nitrogen and oxygen atoms in total. The molecule has 1 unspecified atom stereocenters. The van der Waals surface area contributed by atoms with E-state index in [0.29, 0.717) is 11.7 Å². The lowest BCUT2D eigenvalue weighted by molar-refractivity contribution is -0.125. The van der Waals surface area contributed by atoms with Crippen LogP contribution in [0.25, 0.3) is 0 Å². The van der Waals surface area contributed by atoms with E-state index >= 15 is 0 Å². The van der Waals surface area contributed by atoms with Crippen molar-refractivity contribution in [3.63, 3.8) is 0 Å². The van der Waals surface area contributed by atoms with Gasteiger partial charge in [0.1, 0.15) is 5.78 Å². The molecule has 3 heterocycles. The summed E-state index contributed by atoms with van der Waals surface area (Å²) in [7, 11) is 2.22. The molecule has 4 saturated carbocycles. The summed E-state index contributed by atoms with van der Waals surface area (Å²) in [6.07, 6.45) is 25.8. The summed E-state index contributed by atoms with van der Waals surface area (Å²) in [5.41, 5.74) is 0. The number of nitrogens with zero attached hydrogens (tertiary/aromatic N) is 2. The maximum atomic E-state index is 10.8. The fourth-order valence-corrected chi connectivity index (χ4v) is 10.4. The van der Waals surface area contributed by atoms with E-state index in [1.807, 2.05) is 0 Å². The van der Waals surface area contributed by atoms with Crippen molar-refractivity contribution in [1.29, 1.82) is 0 Å². The van der Waals surface area contributed by atoms with Crippen LogP contribution >= 0.6 is 0 Å². The van der Waals surface area contributed by atoms with Crippen LogP contribution in [0.4, 0.5) is 0 Å². The van der Waals surface area contributed by atoms with Crippen molar-refractivity contribution in [3.05, 3.63) is 0 Å². The van der Waals surface area contributed by atoms with Gasteiger partial charge in [-0.15, -0.1) is 0 Å². The fourth-order valence-electron chi connectivity index (χ4n) is 10.4. The summed E-state index contributed by atoms with van der Waals surface area (Å²) in [5.74, 6) is 14.1. The van der Waals surface area contributed by atoms with Crippen molar-refractivity contribution < 1.29 is 4.79 Å². The molecule has 7 aliphatic rings. The van der Waals surface area contributed by atoms with Gasteiger partial charge >= 0.3 is 0 Å². The summed E-state index contributed by atoms with van der Waals surface area (Å²) in [6.45, 7) is 45.5. The maximum absolute atomic E-state index is 10.8. The standard InChI is InChI=1S/C10H21N.C9H19N.C9H16O.C9H18.C7H15N.2C7H14.CH4/c1-4-11-7-5-10(6-8-11)9(2)3;1-8(2)9-4-6-10(3)7-5-9;1-6(2)8-4-9(5-8)7(3)10;1-8(2)9-6-4-3-5-7-9;1-6(2)7-3-4-8-5-7;2*1-6(2)7-4-3-5-7;/h9-10H,4-8H2,1-3H3;8-9H,4-7H2,1-3H3;6,8-9H,4-5H2,1-3H3;8-9H,3-7H2,1-2H3;6-8H,3-5H2,1-2H3;2*6-7H,3-5H2,1-2H3;1H4. The van der Waals surface area contributed by atoms with Gasteiger partial charge in [0.05, 0.1) is 0 Å². The van der Waals surface area contributed by atoms with E-state index in [4.69, 9.17) is 0 Å². The minimum Gasteiger partial charge on any atom is -0.316 e. The summed E-state index contributed by atoms with van der Waals surface area (Å²) < 4.78 is 0. The molecule has 0 radical (unpaired) electrons. The smallest absolute Gasteiger partial charge is 0.132 e. The monoisotopic (exact) mass is 888 g/mol. The maximum Gasteiger partial charge on any atom is 0.132 e. The number of carbonyl (C=O) groups is 1. The Hall–Kier alpha value is -0.450. The summed E-state index contributed by atoms with van der Waals surface area (Å²) >= 11 is 0. The molecule has 0 amide bonds. The van der Waals surface area contributed by atoms with Gasteiger partial charge < -0.3 is 15.1 Å². The second-order valence-electron chi connectivity index (χ2n) is 24.2. The lowest BCUT2D eigenvalue weighted by atomic mass is 9.68. The zero-order chi connectivity index (χ0) is 46.8. The van der Waals surface area contributed by atoms with Gasteiger partial charge in [0.25, 0.3) is 0 Å². The number of ketones is 1. The summed E-state index contributed by atoms with van der Waals surface area (Å²) in [5, 5.41) is 3.35. The molecule has 63 heavy (non-hydrogen) atoms. The molecule has 7 rings (SSSR count). The van der Waals surface area contributed by atoms with Gasteiger partial charge in [0, 0.05) is 5.92 Å². The van der Waals surface area contributed by atoms with E-state index in [1.165, 1.54) is 149 Å². The SMILES string of the molecule is C.CC(=O)C1CC(C(C)C)C1.CC(C)C1CCC1.CC(C)C1CCC1.CC(C)C1CCCCC1.CC(C)C1CCN(C)CC1.CC(C)C1CCNC1.CCN1CCC(C(C)C)CC1. The fraction of sp³-hybridized carbons (Fsp3) is 0.983. The minimum absolute atomic E-state index is 0.